The van der Waals surface area contributed by atoms with Crippen molar-refractivity contribution in [2.45, 2.75) is 161 Å². The lowest BCUT2D eigenvalue weighted by atomic mass is 9.82. The van der Waals surface area contributed by atoms with Gasteiger partial charge in [-0.15, -0.1) is 0 Å². The van der Waals surface area contributed by atoms with Crippen LogP contribution in [0.25, 0.3) is 0 Å². The van der Waals surface area contributed by atoms with E-state index in [9.17, 15) is 4.79 Å². The number of carbonyl (C=O) groups excluding carboxylic acids is 1. The van der Waals surface area contributed by atoms with Gasteiger partial charge in [0.25, 0.3) is 0 Å². The van der Waals surface area contributed by atoms with Crippen LogP contribution in [0.5, 0.6) is 0 Å². The minimum Gasteiger partial charge on any atom is -0.445 e. The van der Waals surface area contributed by atoms with E-state index < -0.39 is 30.1 Å². The van der Waals surface area contributed by atoms with E-state index in [-0.39, 0.29) is 47.9 Å². The van der Waals surface area contributed by atoms with Gasteiger partial charge in [-0.05, 0) is 109 Å². The zero-order valence-corrected chi connectivity index (χ0v) is 41.0. The molecule has 0 N–H and O–H groups in total. The second-order valence-corrected chi connectivity index (χ2v) is 24.7. The Morgan fingerprint density at radius 1 is 0.758 bits per heavy atom. The van der Waals surface area contributed by atoms with E-state index in [2.05, 4.69) is 139 Å². The largest absolute Gasteiger partial charge is 0.445 e. The monoisotopic (exact) mass is 876 g/mol. The molecule has 6 rings (SSSR count). The Hall–Kier alpha value is -4.02. The molecular formula is C53H72N2O5SSi. The van der Waals surface area contributed by atoms with Crippen LogP contribution in [0, 0.1) is 5.92 Å². The average Bonchev–Trinajstić information content (AvgIpc) is 3.70. The third-order valence-corrected chi connectivity index (χ3v) is 20.2. The molecule has 0 aromatic heterocycles. The number of carbonyl (C=O) groups is 1. The second kappa shape index (κ2) is 20.2. The molecule has 1 amide bonds. The van der Waals surface area contributed by atoms with E-state index in [1.807, 2.05) is 50.8 Å². The first-order chi connectivity index (χ1) is 29.5. The first-order valence-corrected chi connectivity index (χ1v) is 26.8. The maximum Gasteiger partial charge on any atom is 0.410 e. The number of ether oxygens (including phenoxy) is 2. The van der Waals surface area contributed by atoms with Crippen molar-refractivity contribution in [3.63, 3.8) is 0 Å². The fourth-order valence-corrected chi connectivity index (χ4v) is 17.5. The molecule has 0 radical (unpaired) electrons. The van der Waals surface area contributed by atoms with Gasteiger partial charge in [-0.3, -0.25) is 0 Å². The van der Waals surface area contributed by atoms with Crippen molar-refractivity contribution in [2.24, 2.45) is 5.92 Å². The Kier molecular flexibility index (Phi) is 15.5. The SMILES string of the molecule is CC[C@@H]1CO[C@H]([C@@H]2CCCC/C2=C\[C@@H](OC(=O)N(C(C)C)C(C)C)[Si](c2ccccc2)(c2ccccc2)c2ccccc2)N1S(=O)(=O)c1c(C(C)C)cc(C(C)C)cc1C(C)C. The highest BCUT2D eigenvalue weighted by Gasteiger charge is 2.52. The molecule has 1 aliphatic carbocycles. The highest BCUT2D eigenvalue weighted by molar-refractivity contribution is 7.89. The van der Waals surface area contributed by atoms with E-state index >= 15 is 8.42 Å². The number of nitrogens with zero attached hydrogens (tertiary/aromatic N) is 2. The van der Waals surface area contributed by atoms with Gasteiger partial charge in [0.05, 0.1) is 17.5 Å². The molecule has 2 aliphatic rings. The van der Waals surface area contributed by atoms with Gasteiger partial charge in [0, 0.05) is 18.0 Å². The van der Waals surface area contributed by atoms with Crippen LogP contribution in [0.1, 0.15) is 143 Å². The summed E-state index contributed by atoms with van der Waals surface area (Å²) in [6.07, 6.45) is 5.23. The Morgan fingerprint density at radius 2 is 1.24 bits per heavy atom. The lowest BCUT2D eigenvalue weighted by molar-refractivity contribution is 0.0218. The molecule has 1 heterocycles. The highest BCUT2D eigenvalue weighted by atomic mass is 32.2. The van der Waals surface area contributed by atoms with Crippen LogP contribution in [0.2, 0.25) is 0 Å². The average molecular weight is 877 g/mol. The van der Waals surface area contributed by atoms with Crippen molar-refractivity contribution in [2.75, 3.05) is 6.61 Å². The summed E-state index contributed by atoms with van der Waals surface area (Å²) in [6, 6.07) is 35.5. The van der Waals surface area contributed by atoms with Gasteiger partial charge in [-0.2, -0.15) is 4.31 Å². The molecule has 62 heavy (non-hydrogen) atoms. The van der Waals surface area contributed by atoms with Crippen LogP contribution >= 0.6 is 0 Å². The smallest absolute Gasteiger partial charge is 0.410 e. The van der Waals surface area contributed by atoms with Gasteiger partial charge in [0.2, 0.25) is 10.0 Å². The van der Waals surface area contributed by atoms with Crippen LogP contribution in [0.15, 0.2) is 120 Å². The van der Waals surface area contributed by atoms with Gasteiger partial charge in [-0.1, -0.05) is 164 Å². The van der Waals surface area contributed by atoms with Crippen LogP contribution in [-0.4, -0.2) is 68.5 Å². The molecule has 0 unspecified atom stereocenters. The van der Waals surface area contributed by atoms with Gasteiger partial charge in [0.1, 0.15) is 12.0 Å². The number of sulfonamides is 1. The Balaban J connectivity index is 1.60. The summed E-state index contributed by atoms with van der Waals surface area (Å²) in [5.41, 5.74) is 3.31. The predicted octanol–water partition coefficient (Wildman–Crippen LogP) is 10.6. The zero-order valence-electron chi connectivity index (χ0n) is 39.2. The fraction of sp³-hybridized carbons (Fsp3) is 0.491. The molecular weight excluding hydrogens is 805 g/mol. The van der Waals surface area contributed by atoms with Gasteiger partial charge >= 0.3 is 6.09 Å². The normalized spacial score (nSPS) is 20.2. The second-order valence-electron chi connectivity index (χ2n) is 19.0. The molecule has 0 bridgehead atoms. The third-order valence-electron chi connectivity index (χ3n) is 13.2. The Labute approximate surface area is 375 Å². The van der Waals surface area contributed by atoms with Gasteiger partial charge in [0.15, 0.2) is 8.07 Å². The zero-order chi connectivity index (χ0) is 44.9. The van der Waals surface area contributed by atoms with Crippen molar-refractivity contribution in [1.82, 2.24) is 9.21 Å². The summed E-state index contributed by atoms with van der Waals surface area (Å²) in [5, 5.41) is 3.37. The lowest BCUT2D eigenvalue weighted by Crippen LogP contribution is -2.75. The van der Waals surface area contributed by atoms with E-state index in [0.717, 1.165) is 63.5 Å². The van der Waals surface area contributed by atoms with Crippen LogP contribution in [-0.2, 0) is 19.5 Å². The topological polar surface area (TPSA) is 76.2 Å². The molecule has 334 valence electrons. The molecule has 4 aromatic rings. The minimum absolute atomic E-state index is 0.00175. The van der Waals surface area contributed by atoms with Crippen LogP contribution in [0.3, 0.4) is 0 Å². The first-order valence-electron chi connectivity index (χ1n) is 23.2. The lowest BCUT2D eigenvalue weighted by Gasteiger charge is -2.42. The fourth-order valence-electron chi connectivity index (χ4n) is 10.1. The predicted molar refractivity (Wildman–Crippen MR) is 258 cm³/mol. The van der Waals surface area contributed by atoms with Crippen molar-refractivity contribution >= 4 is 39.8 Å². The maximum absolute atomic E-state index is 15.7. The standard InChI is InChI=1S/C53H72N2O5SSi/c1-12-43-35-59-52(55(43)61(57,58)51-48(37(4)5)32-42(36(2)3)33-49(51)38(6)7)47-31-23-22-24-41(47)34-50(60-53(56)54(39(8)9)40(10)11)62(44-25-16-13-17-26-44,45-27-18-14-19-28-45)46-29-20-15-21-30-46/h13-21,25-30,32-34,36-40,43,47,50,52H,12,22-24,31,35H2,1-11H3/b41-34+/t43-,47-,50+,52-/m1/s1. The van der Waals surface area contributed by atoms with Crippen molar-refractivity contribution < 1.29 is 22.7 Å². The number of benzene rings is 4. The van der Waals surface area contributed by atoms with E-state index in [1.165, 1.54) is 0 Å². The molecule has 2 fully saturated rings. The molecule has 1 saturated carbocycles. The van der Waals surface area contributed by atoms with E-state index in [4.69, 9.17) is 9.47 Å². The molecule has 0 spiro atoms. The summed E-state index contributed by atoms with van der Waals surface area (Å²) in [5.74, 6) is 0.0248. The van der Waals surface area contributed by atoms with Crippen molar-refractivity contribution in [1.29, 1.82) is 0 Å². The number of rotatable bonds is 15. The Bertz CT molecular complexity index is 2110. The molecule has 1 saturated heterocycles. The summed E-state index contributed by atoms with van der Waals surface area (Å²) in [6.45, 7) is 23.3. The van der Waals surface area contributed by atoms with Gasteiger partial charge in [-0.25, -0.2) is 13.2 Å². The van der Waals surface area contributed by atoms with Crippen LogP contribution < -0.4 is 15.6 Å². The third kappa shape index (κ3) is 9.43. The highest BCUT2D eigenvalue weighted by Crippen LogP contribution is 2.44. The summed E-state index contributed by atoms with van der Waals surface area (Å²) >= 11 is 0. The van der Waals surface area contributed by atoms with E-state index in [0.29, 0.717) is 17.9 Å². The maximum atomic E-state index is 15.7. The van der Waals surface area contributed by atoms with Gasteiger partial charge < -0.3 is 14.4 Å². The summed E-state index contributed by atoms with van der Waals surface area (Å²) in [4.78, 5) is 17.1. The van der Waals surface area contributed by atoms with E-state index in [1.54, 1.807) is 4.31 Å². The summed E-state index contributed by atoms with van der Waals surface area (Å²) in [7, 11) is -7.34. The Morgan fingerprint density at radius 3 is 1.66 bits per heavy atom. The van der Waals surface area contributed by atoms with Crippen molar-refractivity contribution in [3.8, 4) is 0 Å². The first kappa shape index (κ1) is 47.5. The molecule has 1 aliphatic heterocycles. The summed E-state index contributed by atoms with van der Waals surface area (Å²) < 4.78 is 47.1. The molecule has 4 atom stereocenters. The molecule has 4 aromatic carbocycles. The number of hydrogen-bond acceptors (Lipinski definition) is 5. The van der Waals surface area contributed by atoms with Crippen LogP contribution in [0.4, 0.5) is 4.79 Å². The molecule has 7 nitrogen and oxygen atoms in total. The quantitative estimate of drug-likeness (QED) is 0.0676. The number of hydrogen-bond donors (Lipinski definition) is 0. The molecule has 9 heteroatoms. The number of amides is 1. The minimum atomic E-state index is -4.05. The van der Waals surface area contributed by atoms with Crippen molar-refractivity contribution in [3.05, 3.63) is 131 Å².